The largest absolute Gasteiger partial charge is 0.383 e. The lowest BCUT2D eigenvalue weighted by Crippen LogP contribution is -2.52. The van der Waals surface area contributed by atoms with Crippen molar-refractivity contribution in [1.29, 1.82) is 0 Å². The number of aliphatic hydroxyl groups excluding tert-OH is 1. The van der Waals surface area contributed by atoms with Gasteiger partial charge in [-0.15, -0.1) is 0 Å². The van der Waals surface area contributed by atoms with E-state index in [0.29, 0.717) is 32.0 Å². The van der Waals surface area contributed by atoms with Crippen molar-refractivity contribution >= 4 is 11.8 Å². The first-order valence-electron chi connectivity index (χ1n) is 8.51. The van der Waals surface area contributed by atoms with E-state index in [4.69, 9.17) is 5.73 Å². The van der Waals surface area contributed by atoms with Gasteiger partial charge in [0.2, 0.25) is 11.8 Å². The highest BCUT2D eigenvalue weighted by molar-refractivity contribution is 5.81. The first-order chi connectivity index (χ1) is 10.5. The summed E-state index contributed by atoms with van der Waals surface area (Å²) in [4.78, 5) is 25.5. The zero-order chi connectivity index (χ0) is 16.1. The smallest absolute Gasteiger partial charge is 0.246 e. The summed E-state index contributed by atoms with van der Waals surface area (Å²) >= 11 is 0. The van der Waals surface area contributed by atoms with Crippen molar-refractivity contribution in [3.8, 4) is 0 Å². The molecule has 1 heterocycles. The van der Waals surface area contributed by atoms with E-state index in [9.17, 15) is 14.7 Å². The van der Waals surface area contributed by atoms with Crippen molar-refractivity contribution in [1.82, 2.24) is 10.2 Å². The first kappa shape index (κ1) is 17.2. The van der Waals surface area contributed by atoms with Crippen LogP contribution in [-0.2, 0) is 9.59 Å². The second kappa shape index (κ2) is 7.92. The minimum atomic E-state index is -1.06. The predicted molar refractivity (Wildman–Crippen MR) is 84.0 cm³/mol. The van der Waals surface area contributed by atoms with E-state index in [0.717, 1.165) is 12.8 Å². The maximum absolute atomic E-state index is 12.4. The van der Waals surface area contributed by atoms with Gasteiger partial charge in [-0.05, 0) is 51.6 Å². The van der Waals surface area contributed by atoms with Crippen LogP contribution >= 0.6 is 0 Å². The SMILES string of the molecule is C[C@@H](C(=O)NC1CCCCC1)N1CCC([C@H](O)C(N)=O)CC1. The standard InChI is InChI=1S/C16H29N3O3/c1-11(16(22)18-13-5-3-2-4-6-13)19-9-7-12(8-10-19)14(20)15(17)21/h11-14,20H,2-10H2,1H3,(H2,17,21)(H,18,22)/t11-,14-/m0/s1. The average Bonchev–Trinajstić information content (AvgIpc) is 2.54. The topological polar surface area (TPSA) is 95.7 Å². The van der Waals surface area contributed by atoms with Gasteiger partial charge in [-0.25, -0.2) is 0 Å². The number of amides is 2. The minimum Gasteiger partial charge on any atom is -0.383 e. The molecule has 6 heteroatoms. The molecule has 2 fully saturated rings. The molecule has 126 valence electrons. The highest BCUT2D eigenvalue weighted by atomic mass is 16.3. The zero-order valence-corrected chi connectivity index (χ0v) is 13.5. The van der Waals surface area contributed by atoms with E-state index >= 15 is 0 Å². The average molecular weight is 311 g/mol. The fraction of sp³-hybridized carbons (Fsp3) is 0.875. The van der Waals surface area contributed by atoms with Gasteiger partial charge in [-0.2, -0.15) is 0 Å². The number of aliphatic hydroxyl groups is 1. The third-order valence-corrected chi connectivity index (χ3v) is 5.19. The van der Waals surface area contributed by atoms with Crippen LogP contribution in [0.4, 0.5) is 0 Å². The number of likely N-dealkylation sites (tertiary alicyclic amines) is 1. The van der Waals surface area contributed by atoms with Crippen LogP contribution in [0, 0.1) is 5.92 Å². The molecular formula is C16H29N3O3. The number of piperidine rings is 1. The van der Waals surface area contributed by atoms with E-state index in [-0.39, 0.29) is 17.9 Å². The molecule has 0 bridgehead atoms. The van der Waals surface area contributed by atoms with Crippen molar-refractivity contribution in [2.24, 2.45) is 11.7 Å². The number of hydrogen-bond donors (Lipinski definition) is 3. The molecule has 0 aromatic carbocycles. The predicted octanol–water partition coefficient (Wildman–Crippen LogP) is 0.382. The quantitative estimate of drug-likeness (QED) is 0.684. The Hall–Kier alpha value is -1.14. The minimum absolute atomic E-state index is 0.0812. The Morgan fingerprint density at radius 2 is 1.73 bits per heavy atom. The third kappa shape index (κ3) is 4.43. The molecule has 1 saturated carbocycles. The van der Waals surface area contributed by atoms with Crippen molar-refractivity contribution in [3.05, 3.63) is 0 Å². The number of nitrogens with zero attached hydrogens (tertiary/aromatic N) is 1. The number of hydrogen-bond acceptors (Lipinski definition) is 4. The molecule has 2 amide bonds. The van der Waals surface area contributed by atoms with Crippen LogP contribution in [0.5, 0.6) is 0 Å². The number of nitrogens with two attached hydrogens (primary N) is 1. The Balaban J connectivity index is 1.77. The summed E-state index contributed by atoms with van der Waals surface area (Å²) in [5, 5.41) is 12.9. The fourth-order valence-electron chi connectivity index (χ4n) is 3.59. The van der Waals surface area contributed by atoms with Crippen LogP contribution in [0.25, 0.3) is 0 Å². The highest BCUT2D eigenvalue weighted by Gasteiger charge is 2.32. The maximum atomic E-state index is 12.4. The van der Waals surface area contributed by atoms with E-state index in [1.807, 2.05) is 6.92 Å². The lowest BCUT2D eigenvalue weighted by Gasteiger charge is -2.37. The lowest BCUT2D eigenvalue weighted by molar-refractivity contribution is -0.132. The molecule has 2 rings (SSSR count). The third-order valence-electron chi connectivity index (χ3n) is 5.19. The summed E-state index contributed by atoms with van der Waals surface area (Å²) in [6, 6.07) is 0.173. The molecule has 4 N–H and O–H groups in total. The monoisotopic (exact) mass is 311 g/mol. The second-order valence-electron chi connectivity index (χ2n) is 6.74. The van der Waals surface area contributed by atoms with Crippen molar-refractivity contribution < 1.29 is 14.7 Å². The van der Waals surface area contributed by atoms with Gasteiger partial charge in [-0.3, -0.25) is 14.5 Å². The van der Waals surface area contributed by atoms with Gasteiger partial charge < -0.3 is 16.2 Å². The van der Waals surface area contributed by atoms with Crippen molar-refractivity contribution in [2.75, 3.05) is 13.1 Å². The molecular weight excluding hydrogens is 282 g/mol. The molecule has 1 aliphatic carbocycles. The van der Waals surface area contributed by atoms with Gasteiger partial charge in [-0.1, -0.05) is 19.3 Å². The van der Waals surface area contributed by atoms with Crippen LogP contribution in [0.3, 0.4) is 0 Å². The van der Waals surface area contributed by atoms with Crippen LogP contribution in [0.1, 0.15) is 51.9 Å². The molecule has 2 atom stereocenters. The molecule has 0 spiro atoms. The normalized spacial score (nSPS) is 24.6. The van der Waals surface area contributed by atoms with Crippen LogP contribution in [0.2, 0.25) is 0 Å². The second-order valence-corrected chi connectivity index (χ2v) is 6.74. The summed E-state index contributed by atoms with van der Waals surface area (Å²) in [5.41, 5.74) is 5.15. The van der Waals surface area contributed by atoms with Gasteiger partial charge >= 0.3 is 0 Å². The molecule has 0 aromatic rings. The molecule has 2 aliphatic rings. The van der Waals surface area contributed by atoms with E-state index < -0.39 is 12.0 Å². The number of carbonyl (C=O) groups is 2. The summed E-state index contributed by atoms with van der Waals surface area (Å²) in [5.74, 6) is -0.635. The van der Waals surface area contributed by atoms with Crippen molar-refractivity contribution in [3.63, 3.8) is 0 Å². The molecule has 22 heavy (non-hydrogen) atoms. The molecule has 0 radical (unpaired) electrons. The van der Waals surface area contributed by atoms with Gasteiger partial charge in [0.05, 0.1) is 6.04 Å². The summed E-state index contributed by atoms with van der Waals surface area (Å²) in [7, 11) is 0. The van der Waals surface area contributed by atoms with Gasteiger partial charge in [0.15, 0.2) is 0 Å². The number of nitrogens with one attached hydrogen (secondary N) is 1. The van der Waals surface area contributed by atoms with Gasteiger partial charge in [0, 0.05) is 6.04 Å². The van der Waals surface area contributed by atoms with Crippen LogP contribution in [-0.4, -0.2) is 53.1 Å². The zero-order valence-electron chi connectivity index (χ0n) is 13.5. The van der Waals surface area contributed by atoms with Crippen LogP contribution < -0.4 is 11.1 Å². The fourth-order valence-corrected chi connectivity index (χ4v) is 3.59. The summed E-state index contributed by atoms with van der Waals surface area (Å²) < 4.78 is 0. The van der Waals surface area contributed by atoms with E-state index in [1.165, 1.54) is 19.3 Å². The Morgan fingerprint density at radius 1 is 1.14 bits per heavy atom. The molecule has 1 saturated heterocycles. The summed E-state index contributed by atoms with van der Waals surface area (Å²) in [6.07, 6.45) is 6.20. The molecule has 0 aromatic heterocycles. The van der Waals surface area contributed by atoms with E-state index in [1.54, 1.807) is 0 Å². The molecule has 6 nitrogen and oxygen atoms in total. The van der Waals surface area contributed by atoms with Gasteiger partial charge in [0.1, 0.15) is 6.10 Å². The highest BCUT2D eigenvalue weighted by Crippen LogP contribution is 2.23. The Bertz CT molecular complexity index is 388. The number of rotatable bonds is 5. The van der Waals surface area contributed by atoms with E-state index in [2.05, 4.69) is 10.2 Å². The maximum Gasteiger partial charge on any atom is 0.246 e. The van der Waals surface area contributed by atoms with Crippen molar-refractivity contribution in [2.45, 2.75) is 70.1 Å². The molecule has 0 unspecified atom stereocenters. The molecule has 1 aliphatic heterocycles. The number of primary amides is 1. The summed E-state index contributed by atoms with van der Waals surface area (Å²) in [6.45, 7) is 3.37. The number of carbonyl (C=O) groups excluding carboxylic acids is 2. The van der Waals surface area contributed by atoms with Gasteiger partial charge in [0.25, 0.3) is 0 Å². The Morgan fingerprint density at radius 3 is 2.27 bits per heavy atom. The Kier molecular flexibility index (Phi) is 6.20. The first-order valence-corrected chi connectivity index (χ1v) is 8.51. The lowest BCUT2D eigenvalue weighted by atomic mass is 9.90. The Labute approximate surface area is 132 Å². The van der Waals surface area contributed by atoms with Crippen LogP contribution in [0.15, 0.2) is 0 Å².